The molecular formula is C13H14F3NO2. The zero-order chi connectivity index (χ0) is 13.7. The number of nitrogens with zero attached hydrogens (tertiary/aromatic N) is 1. The Morgan fingerprint density at radius 3 is 2.47 bits per heavy atom. The van der Waals surface area contributed by atoms with Crippen LogP contribution in [0.1, 0.15) is 36.8 Å². The zero-order valence-electron chi connectivity index (χ0n) is 10.2. The van der Waals surface area contributed by atoms with Crippen molar-refractivity contribution in [2.24, 2.45) is 0 Å². The van der Waals surface area contributed by atoms with Crippen molar-refractivity contribution in [1.82, 2.24) is 4.98 Å². The maximum absolute atomic E-state index is 13.0. The van der Waals surface area contributed by atoms with Crippen LogP contribution in [0.25, 0.3) is 0 Å². The van der Waals surface area contributed by atoms with E-state index < -0.39 is 17.3 Å². The van der Waals surface area contributed by atoms with Crippen LogP contribution in [0.4, 0.5) is 13.2 Å². The third kappa shape index (κ3) is 2.23. The number of hydrogen-bond acceptors (Lipinski definition) is 3. The predicted octanol–water partition coefficient (Wildman–Crippen LogP) is 2.63. The summed E-state index contributed by atoms with van der Waals surface area (Å²) in [5.74, 6) is 0. The van der Waals surface area contributed by atoms with Gasteiger partial charge in [0, 0.05) is 30.8 Å². The molecule has 2 fully saturated rings. The van der Waals surface area contributed by atoms with Gasteiger partial charge >= 0.3 is 6.18 Å². The highest BCUT2D eigenvalue weighted by molar-refractivity contribution is 5.32. The van der Waals surface area contributed by atoms with Gasteiger partial charge in [-0.25, -0.2) is 0 Å². The third-order valence-corrected chi connectivity index (χ3v) is 3.95. The van der Waals surface area contributed by atoms with Gasteiger partial charge in [-0.1, -0.05) is 0 Å². The SMILES string of the molecule is OC1(c2cnccc2C(F)(F)F)CC2CCC(C1)O2. The molecule has 0 radical (unpaired) electrons. The van der Waals surface area contributed by atoms with Crippen molar-refractivity contribution in [3.05, 3.63) is 29.6 Å². The molecule has 2 aliphatic heterocycles. The number of alkyl halides is 3. The maximum atomic E-state index is 13.0. The molecule has 2 aliphatic rings. The summed E-state index contributed by atoms with van der Waals surface area (Å²) >= 11 is 0. The molecule has 2 unspecified atom stereocenters. The van der Waals surface area contributed by atoms with Crippen LogP contribution in [0, 0.1) is 0 Å². The summed E-state index contributed by atoms with van der Waals surface area (Å²) < 4.78 is 44.6. The van der Waals surface area contributed by atoms with Crippen molar-refractivity contribution in [3.8, 4) is 0 Å². The first kappa shape index (κ1) is 12.9. The second-order valence-corrected chi connectivity index (χ2v) is 5.32. The lowest BCUT2D eigenvalue weighted by Crippen LogP contribution is -2.40. The topological polar surface area (TPSA) is 42.4 Å². The molecule has 3 rings (SSSR count). The van der Waals surface area contributed by atoms with Crippen LogP contribution in [0.3, 0.4) is 0 Å². The highest BCUT2D eigenvalue weighted by atomic mass is 19.4. The first-order valence-electron chi connectivity index (χ1n) is 6.28. The monoisotopic (exact) mass is 273 g/mol. The average molecular weight is 273 g/mol. The van der Waals surface area contributed by atoms with Crippen LogP contribution in [0.2, 0.25) is 0 Å². The Morgan fingerprint density at radius 2 is 1.89 bits per heavy atom. The van der Waals surface area contributed by atoms with Gasteiger partial charge in [-0.05, 0) is 18.9 Å². The minimum atomic E-state index is -4.48. The Labute approximate surface area is 108 Å². The van der Waals surface area contributed by atoms with Crippen molar-refractivity contribution in [2.45, 2.75) is 49.7 Å². The van der Waals surface area contributed by atoms with Crippen molar-refractivity contribution in [1.29, 1.82) is 0 Å². The van der Waals surface area contributed by atoms with E-state index in [9.17, 15) is 18.3 Å². The van der Waals surface area contributed by atoms with Crippen molar-refractivity contribution < 1.29 is 23.0 Å². The van der Waals surface area contributed by atoms with Crippen molar-refractivity contribution >= 4 is 0 Å². The molecule has 6 heteroatoms. The van der Waals surface area contributed by atoms with Crippen LogP contribution in [0.5, 0.6) is 0 Å². The first-order valence-corrected chi connectivity index (χ1v) is 6.28. The number of fused-ring (bicyclic) bond motifs is 2. The highest BCUT2D eigenvalue weighted by Gasteiger charge is 2.48. The van der Waals surface area contributed by atoms with Gasteiger partial charge < -0.3 is 9.84 Å². The first-order chi connectivity index (χ1) is 8.88. The number of hydrogen-bond donors (Lipinski definition) is 1. The highest BCUT2D eigenvalue weighted by Crippen LogP contribution is 2.46. The average Bonchev–Trinajstić information content (AvgIpc) is 2.68. The summed E-state index contributed by atoms with van der Waals surface area (Å²) in [6.07, 6.45) is -0.530. The van der Waals surface area contributed by atoms with E-state index in [0.717, 1.165) is 31.3 Å². The zero-order valence-corrected chi connectivity index (χ0v) is 10.2. The largest absolute Gasteiger partial charge is 0.416 e. The van der Waals surface area contributed by atoms with Crippen LogP contribution in [0.15, 0.2) is 18.5 Å². The third-order valence-electron chi connectivity index (χ3n) is 3.95. The molecule has 104 valence electrons. The number of ether oxygens (including phenoxy) is 1. The van der Waals surface area contributed by atoms with E-state index in [2.05, 4.69) is 4.98 Å². The molecule has 0 amide bonds. The number of rotatable bonds is 1. The Morgan fingerprint density at radius 1 is 1.26 bits per heavy atom. The van der Waals surface area contributed by atoms with Gasteiger partial charge in [-0.15, -0.1) is 0 Å². The normalized spacial score (nSPS) is 34.5. The summed E-state index contributed by atoms with van der Waals surface area (Å²) in [7, 11) is 0. The van der Waals surface area contributed by atoms with Gasteiger partial charge in [0.05, 0.1) is 23.4 Å². The molecule has 19 heavy (non-hydrogen) atoms. The quantitative estimate of drug-likeness (QED) is 0.855. The van der Waals surface area contributed by atoms with E-state index >= 15 is 0 Å². The van der Waals surface area contributed by atoms with Crippen LogP contribution in [-0.4, -0.2) is 22.3 Å². The summed E-state index contributed by atoms with van der Waals surface area (Å²) in [6, 6.07) is 0.921. The molecule has 3 heterocycles. The fourth-order valence-electron chi connectivity index (χ4n) is 3.15. The van der Waals surface area contributed by atoms with Crippen molar-refractivity contribution in [3.63, 3.8) is 0 Å². The smallest absolute Gasteiger partial charge is 0.385 e. The standard InChI is InChI=1S/C13H14F3NO2/c14-13(15,16)10-3-4-17-7-11(10)12(18)5-8-1-2-9(6-12)19-8/h3-4,7-9,18H,1-2,5-6H2. The number of halogens is 3. The van der Waals surface area contributed by atoms with Gasteiger partial charge in [-0.2, -0.15) is 13.2 Å². The minimum Gasteiger partial charge on any atom is -0.385 e. The van der Waals surface area contributed by atoms with E-state index in [0.29, 0.717) is 0 Å². The number of aromatic nitrogens is 1. The van der Waals surface area contributed by atoms with Gasteiger partial charge in [0.25, 0.3) is 0 Å². The Bertz CT molecular complexity index is 477. The van der Waals surface area contributed by atoms with E-state index in [-0.39, 0.29) is 30.6 Å². The van der Waals surface area contributed by atoms with Crippen LogP contribution >= 0.6 is 0 Å². The van der Waals surface area contributed by atoms with E-state index in [1.54, 1.807) is 0 Å². The van der Waals surface area contributed by atoms with E-state index in [1.807, 2.05) is 0 Å². The minimum absolute atomic E-state index is 0.122. The number of pyridine rings is 1. The van der Waals surface area contributed by atoms with Crippen molar-refractivity contribution in [2.75, 3.05) is 0 Å². The molecule has 1 aromatic heterocycles. The Hall–Kier alpha value is -1.14. The maximum Gasteiger partial charge on any atom is 0.416 e. The molecule has 1 N–H and O–H groups in total. The lowest BCUT2D eigenvalue weighted by Gasteiger charge is -2.37. The Balaban J connectivity index is 2.02. The lowest BCUT2D eigenvalue weighted by molar-refractivity contribution is -0.148. The molecule has 1 aromatic rings. The fourth-order valence-corrected chi connectivity index (χ4v) is 3.15. The van der Waals surface area contributed by atoms with E-state index in [4.69, 9.17) is 4.74 Å². The molecule has 2 saturated heterocycles. The summed E-state index contributed by atoms with van der Waals surface area (Å²) in [5, 5.41) is 10.6. The summed E-state index contributed by atoms with van der Waals surface area (Å²) in [6.45, 7) is 0. The predicted molar refractivity (Wildman–Crippen MR) is 60.3 cm³/mol. The molecule has 0 aromatic carbocycles. The fraction of sp³-hybridized carbons (Fsp3) is 0.615. The van der Waals surface area contributed by atoms with Gasteiger partial charge in [-0.3, -0.25) is 4.98 Å². The Kier molecular flexibility index (Phi) is 2.83. The molecule has 3 nitrogen and oxygen atoms in total. The van der Waals surface area contributed by atoms with Gasteiger partial charge in [0.2, 0.25) is 0 Å². The molecule has 2 bridgehead atoms. The van der Waals surface area contributed by atoms with Crippen LogP contribution < -0.4 is 0 Å². The van der Waals surface area contributed by atoms with Gasteiger partial charge in [0.15, 0.2) is 0 Å². The second-order valence-electron chi connectivity index (χ2n) is 5.32. The summed E-state index contributed by atoms with van der Waals surface area (Å²) in [4.78, 5) is 3.75. The summed E-state index contributed by atoms with van der Waals surface area (Å²) in [5.41, 5.74) is -2.41. The molecule has 2 atom stereocenters. The van der Waals surface area contributed by atoms with Gasteiger partial charge in [0.1, 0.15) is 0 Å². The molecule has 0 aliphatic carbocycles. The van der Waals surface area contributed by atoms with E-state index in [1.165, 1.54) is 0 Å². The second kappa shape index (κ2) is 4.18. The molecule has 0 saturated carbocycles. The molecular weight excluding hydrogens is 259 g/mol. The number of aliphatic hydroxyl groups is 1. The van der Waals surface area contributed by atoms with Crippen LogP contribution in [-0.2, 0) is 16.5 Å². The lowest BCUT2D eigenvalue weighted by atomic mass is 9.82. The molecule has 0 spiro atoms.